The Bertz CT molecular complexity index is 1060. The highest BCUT2D eigenvalue weighted by molar-refractivity contribution is 8.00. The van der Waals surface area contributed by atoms with Crippen LogP contribution in [0.4, 0.5) is 5.69 Å². The highest BCUT2D eigenvalue weighted by atomic mass is 32.2. The fraction of sp³-hybridized carbons (Fsp3) is 0.304. The second-order valence-electron chi connectivity index (χ2n) is 7.62. The molecule has 156 valence electrons. The maximum Gasteiger partial charge on any atom is 0.226 e. The summed E-state index contributed by atoms with van der Waals surface area (Å²) in [7, 11) is 0. The molecule has 30 heavy (non-hydrogen) atoms. The molecule has 0 aliphatic rings. The minimum Gasteiger partial charge on any atom is -0.326 e. The Morgan fingerprint density at radius 3 is 2.40 bits per heavy atom. The van der Waals surface area contributed by atoms with Gasteiger partial charge in [-0.15, -0.1) is 10.2 Å². The predicted octanol–water partition coefficient (Wildman–Crippen LogP) is 4.84. The summed E-state index contributed by atoms with van der Waals surface area (Å²) in [6, 6.07) is 13.2. The first-order valence-electron chi connectivity index (χ1n) is 9.85. The van der Waals surface area contributed by atoms with Crippen molar-refractivity contribution in [1.82, 2.24) is 14.8 Å². The second-order valence-corrected chi connectivity index (χ2v) is 8.93. The number of hydrogen-bond donors (Lipinski definition) is 1. The Morgan fingerprint density at radius 2 is 1.73 bits per heavy atom. The van der Waals surface area contributed by atoms with Crippen LogP contribution in [-0.2, 0) is 4.79 Å². The number of hydrogen-bond acceptors (Lipinski definition) is 5. The van der Waals surface area contributed by atoms with Crippen molar-refractivity contribution >= 4 is 29.1 Å². The van der Waals surface area contributed by atoms with Gasteiger partial charge in [-0.3, -0.25) is 14.2 Å². The van der Waals surface area contributed by atoms with Crippen LogP contribution in [-0.4, -0.2) is 31.7 Å². The normalized spacial score (nSPS) is 12.1. The Balaban J connectivity index is 1.73. The van der Waals surface area contributed by atoms with E-state index in [0.717, 1.165) is 16.8 Å². The number of aromatic nitrogens is 3. The van der Waals surface area contributed by atoms with E-state index < -0.39 is 0 Å². The first kappa shape index (κ1) is 21.8. The van der Waals surface area contributed by atoms with Gasteiger partial charge in [-0.1, -0.05) is 37.7 Å². The number of aryl methyl sites for hydroxylation is 2. The molecule has 3 rings (SSSR count). The van der Waals surface area contributed by atoms with E-state index in [0.29, 0.717) is 16.4 Å². The third kappa shape index (κ3) is 4.97. The van der Waals surface area contributed by atoms with Crippen LogP contribution in [0.1, 0.15) is 42.3 Å². The Hall–Kier alpha value is -2.93. The minimum absolute atomic E-state index is 0.00255. The van der Waals surface area contributed by atoms with Gasteiger partial charge in [0.2, 0.25) is 5.91 Å². The molecule has 1 heterocycles. The van der Waals surface area contributed by atoms with Crippen LogP contribution in [0.15, 0.2) is 53.9 Å². The lowest BCUT2D eigenvalue weighted by Gasteiger charge is -2.14. The van der Waals surface area contributed by atoms with Crippen molar-refractivity contribution in [1.29, 1.82) is 0 Å². The molecule has 0 fully saturated rings. The number of carbonyl (C=O) groups excluding carboxylic acids is 2. The van der Waals surface area contributed by atoms with Crippen molar-refractivity contribution in [2.75, 3.05) is 5.32 Å². The number of Topliss-reactive ketones (excluding diaryl/α,β-unsaturated/α-hetero) is 1. The molecule has 0 unspecified atom stereocenters. The van der Waals surface area contributed by atoms with E-state index in [1.807, 2.05) is 39.2 Å². The van der Waals surface area contributed by atoms with E-state index in [1.165, 1.54) is 11.8 Å². The zero-order valence-electron chi connectivity index (χ0n) is 17.8. The smallest absolute Gasteiger partial charge is 0.226 e. The van der Waals surface area contributed by atoms with E-state index in [4.69, 9.17) is 0 Å². The van der Waals surface area contributed by atoms with Crippen LogP contribution < -0.4 is 5.32 Å². The highest BCUT2D eigenvalue weighted by Gasteiger charge is 2.20. The number of anilines is 1. The topological polar surface area (TPSA) is 76.9 Å². The van der Waals surface area contributed by atoms with E-state index in [2.05, 4.69) is 33.7 Å². The molecule has 0 aliphatic heterocycles. The Kier molecular flexibility index (Phi) is 6.72. The molecule has 1 N–H and O–H groups in total. The predicted molar refractivity (Wildman–Crippen MR) is 120 cm³/mol. The lowest BCUT2D eigenvalue weighted by Crippen LogP contribution is -2.18. The van der Waals surface area contributed by atoms with Gasteiger partial charge in [0.1, 0.15) is 6.33 Å². The molecule has 0 spiro atoms. The third-order valence-electron chi connectivity index (χ3n) is 4.75. The first-order chi connectivity index (χ1) is 14.3. The van der Waals surface area contributed by atoms with Crippen LogP contribution in [0.5, 0.6) is 0 Å². The molecule has 1 amide bonds. The molecular weight excluding hydrogens is 396 g/mol. The van der Waals surface area contributed by atoms with Gasteiger partial charge >= 0.3 is 0 Å². The average molecular weight is 423 g/mol. The standard InChI is InChI=1S/C23H26N4O2S/c1-14(2)22(29)25-19-10-8-18(9-11-19)21(28)17(5)30-23-26-24-13-27(23)20-12-15(3)6-7-16(20)4/h6-14,17H,1-5H3,(H,25,29)/t17-/m0/s1. The molecule has 3 aromatic rings. The van der Waals surface area contributed by atoms with Crippen LogP contribution in [0, 0.1) is 19.8 Å². The van der Waals surface area contributed by atoms with Gasteiger partial charge in [-0.25, -0.2) is 0 Å². The highest BCUT2D eigenvalue weighted by Crippen LogP contribution is 2.28. The molecule has 0 aliphatic carbocycles. The third-order valence-corrected chi connectivity index (χ3v) is 5.81. The van der Waals surface area contributed by atoms with Gasteiger partial charge in [0.25, 0.3) is 0 Å². The largest absolute Gasteiger partial charge is 0.326 e. The van der Waals surface area contributed by atoms with Crippen LogP contribution in [0.25, 0.3) is 5.69 Å². The SMILES string of the molecule is Cc1ccc(C)c(-n2cnnc2S[C@@H](C)C(=O)c2ccc(NC(=O)C(C)C)cc2)c1. The summed E-state index contributed by atoms with van der Waals surface area (Å²) in [5.74, 6) is -0.154. The van der Waals surface area contributed by atoms with Gasteiger partial charge in [0.05, 0.1) is 10.9 Å². The van der Waals surface area contributed by atoms with E-state index in [9.17, 15) is 9.59 Å². The Morgan fingerprint density at radius 1 is 1.03 bits per heavy atom. The van der Waals surface area contributed by atoms with Crippen LogP contribution in [0.3, 0.4) is 0 Å². The van der Waals surface area contributed by atoms with Crippen molar-refractivity contribution in [2.24, 2.45) is 5.92 Å². The van der Waals surface area contributed by atoms with E-state index in [1.54, 1.807) is 30.6 Å². The lowest BCUT2D eigenvalue weighted by atomic mass is 10.1. The van der Waals surface area contributed by atoms with Gasteiger partial charge in [-0.2, -0.15) is 0 Å². The number of rotatable bonds is 7. The van der Waals surface area contributed by atoms with Crippen LogP contribution >= 0.6 is 11.8 Å². The maximum absolute atomic E-state index is 12.9. The summed E-state index contributed by atoms with van der Waals surface area (Å²) in [6.07, 6.45) is 1.67. The number of amides is 1. The molecule has 1 aromatic heterocycles. The van der Waals surface area contributed by atoms with Gasteiger partial charge in [0.15, 0.2) is 10.9 Å². The van der Waals surface area contributed by atoms with E-state index in [-0.39, 0.29) is 22.9 Å². The summed E-state index contributed by atoms with van der Waals surface area (Å²) < 4.78 is 1.92. The van der Waals surface area contributed by atoms with Crippen molar-refractivity contribution in [2.45, 2.75) is 45.0 Å². The fourth-order valence-corrected chi connectivity index (χ4v) is 3.81. The zero-order chi connectivity index (χ0) is 21.8. The summed E-state index contributed by atoms with van der Waals surface area (Å²) in [5, 5.41) is 11.4. The molecule has 0 saturated carbocycles. The Labute approximate surface area is 181 Å². The number of nitrogens with zero attached hydrogens (tertiary/aromatic N) is 3. The van der Waals surface area contributed by atoms with Crippen LogP contribution in [0.2, 0.25) is 0 Å². The van der Waals surface area contributed by atoms with Gasteiger partial charge in [0, 0.05) is 17.2 Å². The number of thioether (sulfide) groups is 1. The molecule has 0 radical (unpaired) electrons. The molecule has 0 bridgehead atoms. The number of benzene rings is 2. The summed E-state index contributed by atoms with van der Waals surface area (Å²) in [5.41, 5.74) is 4.54. The number of nitrogens with one attached hydrogen (secondary N) is 1. The molecule has 2 aromatic carbocycles. The maximum atomic E-state index is 12.9. The summed E-state index contributed by atoms with van der Waals surface area (Å²) in [6.45, 7) is 9.62. The summed E-state index contributed by atoms with van der Waals surface area (Å²) >= 11 is 1.38. The minimum atomic E-state index is -0.339. The van der Waals surface area contributed by atoms with Crippen molar-refractivity contribution in [3.63, 3.8) is 0 Å². The quantitative estimate of drug-likeness (QED) is 0.435. The van der Waals surface area contributed by atoms with E-state index >= 15 is 0 Å². The van der Waals surface area contributed by atoms with Gasteiger partial charge in [-0.05, 0) is 62.2 Å². The zero-order valence-corrected chi connectivity index (χ0v) is 18.7. The molecule has 0 saturated heterocycles. The van der Waals surface area contributed by atoms with Crippen molar-refractivity contribution in [3.8, 4) is 5.69 Å². The van der Waals surface area contributed by atoms with Crippen molar-refractivity contribution < 1.29 is 9.59 Å². The van der Waals surface area contributed by atoms with Crippen molar-refractivity contribution in [3.05, 3.63) is 65.5 Å². The lowest BCUT2D eigenvalue weighted by molar-refractivity contribution is -0.118. The fourth-order valence-electron chi connectivity index (χ4n) is 2.90. The monoisotopic (exact) mass is 422 g/mol. The van der Waals surface area contributed by atoms with Gasteiger partial charge < -0.3 is 5.32 Å². The molecule has 6 nitrogen and oxygen atoms in total. The second kappa shape index (κ2) is 9.26. The average Bonchev–Trinajstić information content (AvgIpc) is 3.17. The number of ketones is 1. The number of carbonyl (C=O) groups is 2. The summed E-state index contributed by atoms with van der Waals surface area (Å²) in [4.78, 5) is 24.7. The molecule has 7 heteroatoms. The molecule has 1 atom stereocenters. The first-order valence-corrected chi connectivity index (χ1v) is 10.7. The molecular formula is C23H26N4O2S.